The number of carbonyl (C=O) groups excluding carboxylic acids is 2. The van der Waals surface area contributed by atoms with Gasteiger partial charge in [-0.15, -0.1) is 0 Å². The van der Waals surface area contributed by atoms with Gasteiger partial charge < -0.3 is 15.4 Å². The number of amides is 1. The summed E-state index contributed by atoms with van der Waals surface area (Å²) in [5, 5.41) is 0.310. The van der Waals surface area contributed by atoms with E-state index >= 15 is 0 Å². The molecule has 2 rings (SSSR count). The summed E-state index contributed by atoms with van der Waals surface area (Å²) in [5.74, 6) is 0. The first-order chi connectivity index (χ1) is 8.93. The van der Waals surface area contributed by atoms with Crippen LogP contribution in [0.4, 0.5) is 10.5 Å². The molecule has 6 nitrogen and oxygen atoms in total. The van der Waals surface area contributed by atoms with E-state index in [1.807, 2.05) is 4.90 Å². The van der Waals surface area contributed by atoms with E-state index in [-0.39, 0.29) is 0 Å². The number of aromatic nitrogens is 1. The highest BCUT2D eigenvalue weighted by Gasteiger charge is 2.37. The van der Waals surface area contributed by atoms with Crippen molar-refractivity contribution in [2.24, 2.45) is 5.73 Å². The van der Waals surface area contributed by atoms with Crippen LogP contribution in [0.5, 0.6) is 0 Å². The van der Waals surface area contributed by atoms with Gasteiger partial charge in [0.2, 0.25) is 0 Å². The molecule has 1 aromatic heterocycles. The quantitative estimate of drug-likeness (QED) is 0.673. The van der Waals surface area contributed by atoms with Crippen molar-refractivity contribution in [1.29, 1.82) is 0 Å². The summed E-state index contributed by atoms with van der Waals surface area (Å²) in [6.45, 7) is 2.91. The van der Waals surface area contributed by atoms with Gasteiger partial charge in [-0.25, -0.2) is 9.78 Å². The molecule has 0 spiro atoms. The molecule has 1 fully saturated rings. The maximum absolute atomic E-state index is 11.0. The lowest BCUT2D eigenvalue weighted by molar-refractivity contribution is 0.0480. The molecule has 7 heteroatoms. The molecule has 2 N–H and O–H groups in total. The van der Waals surface area contributed by atoms with Crippen LogP contribution in [0, 0.1) is 0 Å². The van der Waals surface area contributed by atoms with Crippen LogP contribution >= 0.6 is 11.6 Å². The first-order valence-corrected chi connectivity index (χ1v) is 6.15. The van der Waals surface area contributed by atoms with Crippen LogP contribution in [0.2, 0.25) is 5.15 Å². The number of ether oxygens (including phenoxy) is 1. The first-order valence-electron chi connectivity index (χ1n) is 5.78. The largest absolute Gasteiger partial charge is 0.441 e. The van der Waals surface area contributed by atoms with E-state index in [1.165, 1.54) is 6.20 Å². The number of nitrogens with two attached hydrogens (primary N) is 1. The average Bonchev–Trinajstić information content (AvgIpc) is 2.70. The Labute approximate surface area is 115 Å². The van der Waals surface area contributed by atoms with Gasteiger partial charge in [-0.05, 0) is 13.0 Å². The Morgan fingerprint density at radius 2 is 2.42 bits per heavy atom. The van der Waals surface area contributed by atoms with Gasteiger partial charge in [0, 0.05) is 19.2 Å². The maximum Gasteiger partial charge on any atom is 0.405 e. The smallest absolute Gasteiger partial charge is 0.405 e. The molecule has 1 aliphatic heterocycles. The summed E-state index contributed by atoms with van der Waals surface area (Å²) < 4.78 is 5.11. The number of nitrogens with zero attached hydrogens (tertiary/aromatic N) is 2. The molecule has 0 radical (unpaired) electrons. The predicted octanol–water partition coefficient (Wildman–Crippen LogP) is 1.61. The normalized spacial score (nSPS) is 22.3. The van der Waals surface area contributed by atoms with Gasteiger partial charge in [0.1, 0.15) is 10.8 Å². The molecule has 1 atom stereocenters. The van der Waals surface area contributed by atoms with Crippen molar-refractivity contribution in [2.75, 3.05) is 18.0 Å². The van der Waals surface area contributed by atoms with Crippen LogP contribution in [0.3, 0.4) is 0 Å². The number of anilines is 1. The van der Waals surface area contributed by atoms with Crippen molar-refractivity contribution in [1.82, 2.24) is 4.98 Å². The third-order valence-corrected chi connectivity index (χ3v) is 3.34. The number of halogens is 1. The minimum Gasteiger partial charge on any atom is -0.441 e. The van der Waals surface area contributed by atoms with Crippen LogP contribution in [0.15, 0.2) is 12.3 Å². The third-order valence-electron chi connectivity index (χ3n) is 3.13. The summed E-state index contributed by atoms with van der Waals surface area (Å²) in [5.41, 5.74) is 5.54. The fraction of sp³-hybridized carbons (Fsp3) is 0.417. The molecule has 0 aromatic carbocycles. The minimum atomic E-state index is -0.798. The molecule has 19 heavy (non-hydrogen) atoms. The summed E-state index contributed by atoms with van der Waals surface area (Å²) in [6, 6.07) is 1.63. The van der Waals surface area contributed by atoms with Gasteiger partial charge in [0.15, 0.2) is 6.29 Å². The molecule has 1 aliphatic rings. The van der Waals surface area contributed by atoms with Gasteiger partial charge in [0.05, 0.1) is 17.8 Å². The highest BCUT2D eigenvalue weighted by atomic mass is 35.5. The molecular formula is C12H14ClN3O3. The summed E-state index contributed by atoms with van der Waals surface area (Å²) >= 11 is 5.85. The van der Waals surface area contributed by atoms with Gasteiger partial charge >= 0.3 is 6.09 Å². The Bertz CT molecular complexity index is 523. The molecular weight excluding hydrogens is 270 g/mol. The van der Waals surface area contributed by atoms with Crippen molar-refractivity contribution in [2.45, 2.75) is 18.9 Å². The SMILES string of the molecule is CC1(OC(N)=O)CCN(c2cc(Cl)ncc2C=O)C1. The summed E-state index contributed by atoms with van der Waals surface area (Å²) in [7, 11) is 0. The summed E-state index contributed by atoms with van der Waals surface area (Å²) in [4.78, 5) is 27.7. The molecule has 102 valence electrons. The molecule has 0 saturated carbocycles. The Morgan fingerprint density at radius 1 is 1.68 bits per heavy atom. The zero-order valence-electron chi connectivity index (χ0n) is 10.4. The fourth-order valence-corrected chi connectivity index (χ4v) is 2.41. The van der Waals surface area contributed by atoms with E-state index in [1.54, 1.807) is 13.0 Å². The van der Waals surface area contributed by atoms with Gasteiger partial charge in [0.25, 0.3) is 0 Å². The summed E-state index contributed by atoms with van der Waals surface area (Å²) in [6.07, 6.45) is 1.99. The molecule has 1 amide bonds. The Morgan fingerprint density at radius 3 is 3.05 bits per heavy atom. The predicted molar refractivity (Wildman–Crippen MR) is 70.5 cm³/mol. The molecule has 2 heterocycles. The van der Waals surface area contributed by atoms with Crippen molar-refractivity contribution < 1.29 is 14.3 Å². The van der Waals surface area contributed by atoms with Gasteiger partial charge in [-0.1, -0.05) is 11.6 Å². The Kier molecular flexibility index (Phi) is 3.61. The average molecular weight is 284 g/mol. The van der Waals surface area contributed by atoms with Crippen molar-refractivity contribution >= 4 is 29.7 Å². The third kappa shape index (κ3) is 2.96. The number of aldehydes is 1. The Balaban J connectivity index is 2.23. The first kappa shape index (κ1) is 13.6. The molecule has 0 aliphatic carbocycles. The lowest BCUT2D eigenvalue weighted by atomic mass is 10.1. The number of hydrogen-bond acceptors (Lipinski definition) is 5. The van der Waals surface area contributed by atoms with E-state index in [2.05, 4.69) is 4.98 Å². The second-order valence-electron chi connectivity index (χ2n) is 4.73. The second-order valence-corrected chi connectivity index (χ2v) is 5.11. The van der Waals surface area contributed by atoms with Crippen LogP contribution in [-0.4, -0.2) is 36.1 Å². The number of hydrogen-bond donors (Lipinski definition) is 1. The number of primary amides is 1. The number of pyridine rings is 1. The second kappa shape index (κ2) is 5.05. The monoisotopic (exact) mass is 283 g/mol. The Hall–Kier alpha value is -1.82. The van der Waals surface area contributed by atoms with Gasteiger partial charge in [-0.3, -0.25) is 4.79 Å². The molecule has 1 unspecified atom stereocenters. The molecule has 1 saturated heterocycles. The zero-order chi connectivity index (χ0) is 14.0. The van der Waals surface area contributed by atoms with E-state index in [0.29, 0.717) is 35.9 Å². The van der Waals surface area contributed by atoms with E-state index in [9.17, 15) is 9.59 Å². The number of rotatable bonds is 3. The fourth-order valence-electron chi connectivity index (χ4n) is 2.26. The van der Waals surface area contributed by atoms with Gasteiger partial charge in [-0.2, -0.15) is 0 Å². The van der Waals surface area contributed by atoms with Crippen LogP contribution < -0.4 is 10.6 Å². The minimum absolute atomic E-state index is 0.310. The maximum atomic E-state index is 11.0. The van der Waals surface area contributed by atoms with Crippen LogP contribution in [-0.2, 0) is 4.74 Å². The van der Waals surface area contributed by atoms with E-state index < -0.39 is 11.7 Å². The zero-order valence-corrected chi connectivity index (χ0v) is 11.2. The van der Waals surface area contributed by atoms with Crippen molar-refractivity contribution in [3.8, 4) is 0 Å². The van der Waals surface area contributed by atoms with Crippen LogP contribution in [0.1, 0.15) is 23.7 Å². The lowest BCUT2D eigenvalue weighted by Gasteiger charge is -2.25. The lowest BCUT2D eigenvalue weighted by Crippen LogP contribution is -2.37. The van der Waals surface area contributed by atoms with Crippen LogP contribution in [0.25, 0.3) is 0 Å². The van der Waals surface area contributed by atoms with Crippen molar-refractivity contribution in [3.05, 3.63) is 23.0 Å². The van der Waals surface area contributed by atoms with E-state index in [0.717, 1.165) is 6.29 Å². The van der Waals surface area contributed by atoms with E-state index in [4.69, 9.17) is 22.1 Å². The highest BCUT2D eigenvalue weighted by molar-refractivity contribution is 6.29. The molecule has 0 bridgehead atoms. The molecule has 1 aromatic rings. The van der Waals surface area contributed by atoms with Crippen molar-refractivity contribution in [3.63, 3.8) is 0 Å². The highest BCUT2D eigenvalue weighted by Crippen LogP contribution is 2.31. The number of carbonyl (C=O) groups is 2. The topological polar surface area (TPSA) is 85.5 Å². The standard InChI is InChI=1S/C12H14ClN3O3/c1-12(19-11(14)18)2-3-16(7-12)9-4-10(13)15-5-8(9)6-17/h4-6H,2-3,7H2,1H3,(H2,14,18).